The molecule has 76 valence electrons. The van der Waals surface area contributed by atoms with Gasteiger partial charge in [0.15, 0.2) is 0 Å². The Balaban J connectivity index is 4.19. The summed E-state index contributed by atoms with van der Waals surface area (Å²) in [5.74, 6) is 0. The molecule has 0 amide bonds. The molecular weight excluding hydrogens is 174 g/mol. The molecule has 0 bridgehead atoms. The van der Waals surface area contributed by atoms with Crippen molar-refractivity contribution in [2.45, 2.75) is 6.92 Å². The Morgan fingerprint density at radius 1 is 1.29 bits per heavy atom. The number of aldehydes is 1. The summed E-state index contributed by atoms with van der Waals surface area (Å²) >= 11 is 0. The maximum absolute atomic E-state index is 10.3. The zero-order valence-electron chi connectivity index (χ0n) is 8.65. The molecule has 0 atom stereocenters. The minimum absolute atomic E-state index is 0.707. The number of hydrogen-bond donors (Lipinski definition) is 0. The second kappa shape index (κ2) is 8.05. The molecule has 0 aromatic carbocycles. The Kier molecular flexibility index (Phi) is 7.15. The van der Waals surface area contributed by atoms with Crippen molar-refractivity contribution in [1.29, 1.82) is 0 Å². The fourth-order valence-electron chi connectivity index (χ4n) is 0.884. The van der Waals surface area contributed by atoms with Crippen molar-refractivity contribution in [3.8, 4) is 0 Å². The summed E-state index contributed by atoms with van der Waals surface area (Å²) in [7, 11) is 0. The summed E-state index contributed by atoms with van der Waals surface area (Å²) in [6.07, 6.45) is 10.0. The largest absolute Gasteiger partial charge is 0.370 e. The number of carbonyl (C=O) groups excluding carboxylic acids is 1. The fraction of sp³-hybridized carbons (Fsp3) is 0.250. The van der Waals surface area contributed by atoms with Gasteiger partial charge in [-0.1, -0.05) is 18.2 Å². The number of allylic oxidation sites excluding steroid dienone is 3. The summed E-state index contributed by atoms with van der Waals surface area (Å²) in [5.41, 5.74) is 0.707. The molecule has 2 nitrogen and oxygen atoms in total. The van der Waals surface area contributed by atoms with Crippen molar-refractivity contribution in [1.82, 2.24) is 4.90 Å². The van der Waals surface area contributed by atoms with E-state index in [-0.39, 0.29) is 0 Å². The van der Waals surface area contributed by atoms with E-state index in [2.05, 4.69) is 13.2 Å². The molecule has 0 heterocycles. The molecule has 0 N–H and O–H groups in total. The Labute approximate surface area is 85.9 Å². The van der Waals surface area contributed by atoms with Crippen LogP contribution >= 0.6 is 0 Å². The van der Waals surface area contributed by atoms with Crippen LogP contribution in [0.25, 0.3) is 0 Å². The predicted octanol–water partition coefficient (Wildman–Crippen LogP) is 2.32. The van der Waals surface area contributed by atoms with Gasteiger partial charge in [-0.2, -0.15) is 0 Å². The van der Waals surface area contributed by atoms with Gasteiger partial charge in [0, 0.05) is 13.1 Å². The fourth-order valence-corrected chi connectivity index (χ4v) is 0.884. The second-order valence-electron chi connectivity index (χ2n) is 2.90. The summed E-state index contributed by atoms with van der Waals surface area (Å²) in [5, 5.41) is 0. The van der Waals surface area contributed by atoms with Gasteiger partial charge in [-0.15, -0.1) is 13.2 Å². The van der Waals surface area contributed by atoms with E-state index >= 15 is 0 Å². The van der Waals surface area contributed by atoms with Crippen LogP contribution in [0.1, 0.15) is 6.92 Å². The minimum atomic E-state index is 0.707. The first kappa shape index (κ1) is 12.4. The molecule has 0 aromatic rings. The van der Waals surface area contributed by atoms with Crippen LogP contribution in [-0.2, 0) is 4.79 Å². The Morgan fingerprint density at radius 3 is 2.29 bits per heavy atom. The van der Waals surface area contributed by atoms with Gasteiger partial charge in [0.1, 0.15) is 6.29 Å². The lowest BCUT2D eigenvalue weighted by Gasteiger charge is -2.14. The quantitative estimate of drug-likeness (QED) is 0.266. The minimum Gasteiger partial charge on any atom is -0.370 e. The standard InChI is InChI=1S/C12H17NO/c1-4-8-13(9-5-2)10-6-7-12(3)11-14/h4-7,10-11H,1-2,8-9H2,3H3/b10-6+,12-7+. The SMILES string of the molecule is C=CCN(/C=C/C=C(\C)C=O)CC=C. The zero-order valence-corrected chi connectivity index (χ0v) is 8.65. The molecule has 0 unspecified atom stereocenters. The summed E-state index contributed by atoms with van der Waals surface area (Å²) in [6.45, 7) is 10.6. The van der Waals surface area contributed by atoms with Crippen molar-refractivity contribution in [3.63, 3.8) is 0 Å². The third-order valence-electron chi connectivity index (χ3n) is 1.57. The molecule has 0 saturated heterocycles. The third kappa shape index (κ3) is 6.00. The molecule has 0 aliphatic rings. The Hall–Kier alpha value is -1.57. The molecule has 0 radical (unpaired) electrons. The monoisotopic (exact) mass is 191 g/mol. The van der Waals surface area contributed by atoms with E-state index < -0.39 is 0 Å². The highest BCUT2D eigenvalue weighted by Gasteiger charge is 1.90. The lowest BCUT2D eigenvalue weighted by Crippen LogP contribution is -2.16. The average Bonchev–Trinajstić information content (AvgIpc) is 2.18. The van der Waals surface area contributed by atoms with Crippen molar-refractivity contribution in [2.75, 3.05) is 13.1 Å². The molecule has 0 saturated carbocycles. The molecule has 14 heavy (non-hydrogen) atoms. The molecule has 0 aliphatic carbocycles. The maximum Gasteiger partial charge on any atom is 0.145 e. The number of hydrogen-bond acceptors (Lipinski definition) is 2. The van der Waals surface area contributed by atoms with E-state index in [9.17, 15) is 4.79 Å². The number of carbonyl (C=O) groups is 1. The van der Waals surface area contributed by atoms with Gasteiger partial charge in [0.2, 0.25) is 0 Å². The molecule has 0 aliphatic heterocycles. The van der Waals surface area contributed by atoms with Crippen molar-refractivity contribution in [2.24, 2.45) is 0 Å². The van der Waals surface area contributed by atoms with Crippen LogP contribution in [0.3, 0.4) is 0 Å². The van der Waals surface area contributed by atoms with E-state index in [1.54, 1.807) is 13.0 Å². The van der Waals surface area contributed by atoms with Crippen LogP contribution < -0.4 is 0 Å². The average molecular weight is 191 g/mol. The highest BCUT2D eigenvalue weighted by atomic mass is 16.1. The van der Waals surface area contributed by atoms with Crippen LogP contribution in [0.15, 0.2) is 49.2 Å². The molecule has 0 spiro atoms. The first-order chi connectivity index (χ1) is 6.74. The number of nitrogens with zero attached hydrogens (tertiary/aromatic N) is 1. The van der Waals surface area contributed by atoms with Gasteiger partial charge in [0.05, 0.1) is 0 Å². The topological polar surface area (TPSA) is 20.3 Å². The van der Waals surface area contributed by atoms with Crippen LogP contribution in [0.5, 0.6) is 0 Å². The van der Waals surface area contributed by atoms with E-state index in [1.807, 2.05) is 29.3 Å². The van der Waals surface area contributed by atoms with E-state index in [1.165, 1.54) is 0 Å². The van der Waals surface area contributed by atoms with Crippen molar-refractivity contribution >= 4 is 6.29 Å². The van der Waals surface area contributed by atoms with Gasteiger partial charge >= 0.3 is 0 Å². The van der Waals surface area contributed by atoms with E-state index in [4.69, 9.17) is 0 Å². The normalized spacial score (nSPS) is 11.4. The number of rotatable bonds is 7. The first-order valence-corrected chi connectivity index (χ1v) is 4.50. The van der Waals surface area contributed by atoms with Gasteiger partial charge in [-0.25, -0.2) is 0 Å². The first-order valence-electron chi connectivity index (χ1n) is 4.50. The Bertz CT molecular complexity index is 241. The van der Waals surface area contributed by atoms with Gasteiger partial charge < -0.3 is 4.90 Å². The summed E-state index contributed by atoms with van der Waals surface area (Å²) < 4.78 is 0. The highest BCUT2D eigenvalue weighted by Crippen LogP contribution is 1.93. The third-order valence-corrected chi connectivity index (χ3v) is 1.57. The van der Waals surface area contributed by atoms with Gasteiger partial charge in [-0.3, -0.25) is 4.79 Å². The maximum atomic E-state index is 10.3. The molecular formula is C12H17NO. The molecule has 0 fully saturated rings. The molecule has 0 aromatic heterocycles. The highest BCUT2D eigenvalue weighted by molar-refractivity contribution is 5.72. The van der Waals surface area contributed by atoms with Crippen LogP contribution in [0.4, 0.5) is 0 Å². The predicted molar refractivity (Wildman–Crippen MR) is 60.9 cm³/mol. The van der Waals surface area contributed by atoms with Gasteiger partial charge in [0.25, 0.3) is 0 Å². The van der Waals surface area contributed by atoms with Crippen LogP contribution in [-0.4, -0.2) is 24.3 Å². The summed E-state index contributed by atoms with van der Waals surface area (Å²) in [4.78, 5) is 12.3. The van der Waals surface area contributed by atoms with E-state index in [0.717, 1.165) is 19.4 Å². The zero-order chi connectivity index (χ0) is 10.8. The van der Waals surface area contributed by atoms with Crippen molar-refractivity contribution in [3.05, 3.63) is 49.2 Å². The second-order valence-corrected chi connectivity index (χ2v) is 2.90. The van der Waals surface area contributed by atoms with Crippen LogP contribution in [0, 0.1) is 0 Å². The van der Waals surface area contributed by atoms with E-state index in [0.29, 0.717) is 5.57 Å². The smallest absolute Gasteiger partial charge is 0.145 e. The molecule has 2 heteroatoms. The van der Waals surface area contributed by atoms with Gasteiger partial charge in [-0.05, 0) is 24.8 Å². The molecule has 0 rings (SSSR count). The van der Waals surface area contributed by atoms with Crippen molar-refractivity contribution < 1.29 is 4.79 Å². The van der Waals surface area contributed by atoms with Crippen LogP contribution in [0.2, 0.25) is 0 Å². The Morgan fingerprint density at radius 2 is 1.86 bits per heavy atom. The summed E-state index contributed by atoms with van der Waals surface area (Å²) in [6, 6.07) is 0. The lowest BCUT2D eigenvalue weighted by atomic mass is 10.3. The lowest BCUT2D eigenvalue weighted by molar-refractivity contribution is -0.104.